The minimum absolute atomic E-state index is 0.0647. The van der Waals surface area contributed by atoms with E-state index in [0.29, 0.717) is 17.9 Å². The Morgan fingerprint density at radius 2 is 1.81 bits per heavy atom. The van der Waals surface area contributed by atoms with Crippen LogP contribution in [0.3, 0.4) is 0 Å². The van der Waals surface area contributed by atoms with Gasteiger partial charge in [0, 0.05) is 23.5 Å². The van der Waals surface area contributed by atoms with E-state index >= 15 is 0 Å². The summed E-state index contributed by atoms with van der Waals surface area (Å²) in [6.45, 7) is 2.14. The summed E-state index contributed by atoms with van der Waals surface area (Å²) in [6, 6.07) is 9.67. The van der Waals surface area contributed by atoms with Crippen LogP contribution in [-0.4, -0.2) is 45.4 Å². The van der Waals surface area contributed by atoms with Crippen LogP contribution in [0.25, 0.3) is 0 Å². The molecule has 10 heteroatoms. The molecule has 31 heavy (non-hydrogen) atoms. The summed E-state index contributed by atoms with van der Waals surface area (Å²) in [5, 5.41) is 4.15. The zero-order chi connectivity index (χ0) is 22.6. The lowest BCUT2D eigenvalue weighted by Crippen LogP contribution is -2.31. The van der Waals surface area contributed by atoms with Crippen molar-refractivity contribution in [2.75, 3.05) is 21.3 Å². The molecule has 0 spiro atoms. The highest BCUT2D eigenvalue weighted by molar-refractivity contribution is 7.90. The number of carbonyl (C=O) groups is 1. The molecule has 0 atom stereocenters. The number of carbonyl (C=O) groups excluding carboxylic acids is 1. The van der Waals surface area contributed by atoms with Crippen molar-refractivity contribution in [3.63, 3.8) is 0 Å². The first-order valence-corrected chi connectivity index (χ1v) is 10.7. The van der Waals surface area contributed by atoms with Gasteiger partial charge in [-0.3, -0.25) is 9.48 Å². The first-order chi connectivity index (χ1) is 14.8. The molecule has 3 aromatic rings. The van der Waals surface area contributed by atoms with Crippen LogP contribution in [0.15, 0.2) is 53.7 Å². The van der Waals surface area contributed by atoms with Crippen LogP contribution in [0.2, 0.25) is 0 Å². The second kappa shape index (κ2) is 9.09. The van der Waals surface area contributed by atoms with Crippen molar-refractivity contribution < 1.29 is 27.4 Å². The quantitative estimate of drug-likeness (QED) is 0.567. The lowest BCUT2D eigenvalue weighted by molar-refractivity contribution is 0.0981. The third kappa shape index (κ3) is 4.64. The molecule has 1 N–H and O–H groups in total. The van der Waals surface area contributed by atoms with Crippen molar-refractivity contribution in [2.24, 2.45) is 0 Å². The number of aromatic nitrogens is 2. The van der Waals surface area contributed by atoms with Gasteiger partial charge in [0.2, 0.25) is 0 Å². The van der Waals surface area contributed by atoms with Gasteiger partial charge in [0.15, 0.2) is 4.90 Å². The van der Waals surface area contributed by atoms with Crippen molar-refractivity contribution in [3.05, 3.63) is 65.5 Å². The molecular weight excluding hydrogens is 422 g/mol. The molecule has 2 aromatic carbocycles. The van der Waals surface area contributed by atoms with E-state index in [-0.39, 0.29) is 22.0 Å². The average molecular weight is 445 g/mol. The molecule has 0 bridgehead atoms. The molecule has 0 aliphatic carbocycles. The molecule has 1 amide bonds. The topological polar surface area (TPSA) is 109 Å². The molecule has 9 nitrogen and oxygen atoms in total. The van der Waals surface area contributed by atoms with Gasteiger partial charge in [0.05, 0.1) is 27.9 Å². The largest absolute Gasteiger partial charge is 0.496 e. The van der Waals surface area contributed by atoms with Crippen molar-refractivity contribution in [3.8, 4) is 17.2 Å². The van der Waals surface area contributed by atoms with Crippen LogP contribution in [0.1, 0.15) is 21.5 Å². The van der Waals surface area contributed by atoms with E-state index in [1.807, 2.05) is 0 Å². The summed E-state index contributed by atoms with van der Waals surface area (Å²) in [7, 11) is -0.121. The van der Waals surface area contributed by atoms with E-state index < -0.39 is 15.9 Å². The van der Waals surface area contributed by atoms with Crippen molar-refractivity contribution in [2.45, 2.75) is 18.4 Å². The van der Waals surface area contributed by atoms with Crippen LogP contribution >= 0.6 is 0 Å². The van der Waals surface area contributed by atoms with Gasteiger partial charge >= 0.3 is 0 Å². The molecule has 0 unspecified atom stereocenters. The van der Waals surface area contributed by atoms with Gasteiger partial charge in [-0.2, -0.15) is 5.10 Å². The van der Waals surface area contributed by atoms with Crippen molar-refractivity contribution in [1.29, 1.82) is 0 Å². The Bertz CT molecular complexity index is 1190. The second-order valence-corrected chi connectivity index (χ2v) is 8.23. The number of sulfonamides is 1. The van der Waals surface area contributed by atoms with Crippen molar-refractivity contribution >= 4 is 15.9 Å². The molecule has 0 aliphatic heterocycles. The lowest BCUT2D eigenvalue weighted by atomic mass is 10.1. The number of nitrogens with zero attached hydrogens (tertiary/aromatic N) is 2. The summed E-state index contributed by atoms with van der Waals surface area (Å²) >= 11 is 0. The van der Waals surface area contributed by atoms with Gasteiger partial charge in [0.25, 0.3) is 15.9 Å². The second-order valence-electron chi connectivity index (χ2n) is 6.61. The van der Waals surface area contributed by atoms with E-state index in [1.165, 1.54) is 39.5 Å². The number of benzene rings is 2. The highest BCUT2D eigenvalue weighted by Crippen LogP contribution is 2.36. The molecule has 0 saturated heterocycles. The Hall–Kier alpha value is -3.53. The van der Waals surface area contributed by atoms with E-state index in [9.17, 15) is 13.2 Å². The van der Waals surface area contributed by atoms with E-state index in [4.69, 9.17) is 14.2 Å². The van der Waals surface area contributed by atoms with Gasteiger partial charge in [-0.05, 0) is 36.8 Å². The number of methoxy groups -OCH3 is 3. The molecule has 3 rings (SSSR count). The fourth-order valence-electron chi connectivity index (χ4n) is 3.13. The van der Waals surface area contributed by atoms with Crippen molar-refractivity contribution in [1.82, 2.24) is 14.5 Å². The number of rotatable bonds is 8. The Labute approximate surface area is 180 Å². The minimum Gasteiger partial charge on any atom is -0.496 e. The zero-order valence-electron chi connectivity index (χ0n) is 17.6. The fourth-order valence-corrected chi connectivity index (χ4v) is 4.50. The molecule has 1 heterocycles. The first kappa shape index (κ1) is 22.2. The third-order valence-electron chi connectivity index (χ3n) is 4.63. The number of hydrogen-bond acceptors (Lipinski definition) is 7. The van der Waals surface area contributed by atoms with Gasteiger partial charge in [-0.25, -0.2) is 13.1 Å². The number of hydrogen-bond donors (Lipinski definition) is 1. The molecule has 0 fully saturated rings. The van der Waals surface area contributed by atoms with Gasteiger partial charge in [-0.15, -0.1) is 0 Å². The Morgan fingerprint density at radius 1 is 1.06 bits per heavy atom. The molecular formula is C21H23N3O6S. The van der Waals surface area contributed by atoms with Crippen LogP contribution in [0, 0.1) is 6.92 Å². The monoisotopic (exact) mass is 445 g/mol. The maximum Gasteiger partial charge on any atom is 0.271 e. The standard InChI is InChI=1S/C21H23N3O6S/c1-14-6-9-17(28-2)20(19(14)30-4)31(26,27)23-21(25)15-7-8-16(18(12-15)29-3)13-24-11-5-10-22-24/h5-12H,13H2,1-4H3,(H,23,25). The van der Waals surface area contributed by atoms with Gasteiger partial charge in [-0.1, -0.05) is 12.1 Å². The molecule has 0 saturated carbocycles. The number of amides is 1. The summed E-state index contributed by atoms with van der Waals surface area (Å²) in [5.41, 5.74) is 1.49. The summed E-state index contributed by atoms with van der Waals surface area (Å²) in [4.78, 5) is 12.5. The highest BCUT2D eigenvalue weighted by atomic mass is 32.2. The Balaban J connectivity index is 1.92. The number of ether oxygens (including phenoxy) is 3. The molecule has 0 radical (unpaired) electrons. The summed E-state index contributed by atoms with van der Waals surface area (Å²) in [5.74, 6) is -0.206. The smallest absolute Gasteiger partial charge is 0.271 e. The van der Waals surface area contributed by atoms with E-state index in [0.717, 1.165) is 5.56 Å². The van der Waals surface area contributed by atoms with Crippen LogP contribution in [-0.2, 0) is 16.6 Å². The molecule has 164 valence electrons. The zero-order valence-corrected chi connectivity index (χ0v) is 18.4. The molecule has 0 aliphatic rings. The minimum atomic E-state index is -4.29. The first-order valence-electron chi connectivity index (χ1n) is 9.23. The maximum atomic E-state index is 13.0. The van der Waals surface area contributed by atoms with Crippen LogP contribution in [0.5, 0.6) is 17.2 Å². The Kier molecular flexibility index (Phi) is 6.50. The number of aryl methyl sites for hydroxylation is 1. The third-order valence-corrected chi connectivity index (χ3v) is 6.01. The normalized spacial score (nSPS) is 11.1. The summed E-state index contributed by atoms with van der Waals surface area (Å²) < 4.78 is 45.7. The lowest BCUT2D eigenvalue weighted by Gasteiger charge is -2.16. The van der Waals surface area contributed by atoms with Gasteiger partial charge < -0.3 is 14.2 Å². The van der Waals surface area contributed by atoms with E-state index in [1.54, 1.807) is 42.2 Å². The molecule has 1 aromatic heterocycles. The van der Waals surface area contributed by atoms with Gasteiger partial charge in [0.1, 0.15) is 17.2 Å². The van der Waals surface area contributed by atoms with Crippen LogP contribution in [0.4, 0.5) is 0 Å². The summed E-state index contributed by atoms with van der Waals surface area (Å²) in [6.07, 6.45) is 3.46. The predicted molar refractivity (Wildman–Crippen MR) is 113 cm³/mol. The predicted octanol–water partition coefficient (Wildman–Crippen LogP) is 2.38. The SMILES string of the molecule is COc1cc(C(=O)NS(=O)(=O)c2c(OC)ccc(C)c2OC)ccc1Cn1cccn1. The Morgan fingerprint density at radius 3 is 2.42 bits per heavy atom. The average Bonchev–Trinajstić information content (AvgIpc) is 3.26. The number of nitrogens with one attached hydrogen (secondary N) is 1. The van der Waals surface area contributed by atoms with E-state index in [2.05, 4.69) is 9.82 Å². The maximum absolute atomic E-state index is 13.0. The highest BCUT2D eigenvalue weighted by Gasteiger charge is 2.28. The van der Waals surface area contributed by atoms with Crippen LogP contribution < -0.4 is 18.9 Å². The fraction of sp³-hybridized carbons (Fsp3) is 0.238.